The number of amides is 1. The molecule has 1 amide bonds. The number of aryl methyl sites for hydroxylation is 1. The first-order chi connectivity index (χ1) is 28.9. The zero-order valence-electron chi connectivity index (χ0n) is 33.0. The van der Waals surface area contributed by atoms with Gasteiger partial charge in [-0.05, 0) is 69.1 Å². The zero-order chi connectivity index (χ0) is 40.6. The van der Waals surface area contributed by atoms with Gasteiger partial charge in [0.2, 0.25) is 0 Å². The third kappa shape index (κ3) is 8.24. The van der Waals surface area contributed by atoms with E-state index in [0.717, 1.165) is 55.6 Å². The van der Waals surface area contributed by atoms with Gasteiger partial charge in [0.15, 0.2) is 12.1 Å². The fraction of sp³-hybridized carbons (Fsp3) is 0.154. The van der Waals surface area contributed by atoms with Gasteiger partial charge < -0.3 is 24.3 Å². The molecule has 294 valence electrons. The highest BCUT2D eigenvalue weighted by molar-refractivity contribution is 5.82. The van der Waals surface area contributed by atoms with Crippen molar-refractivity contribution in [3.8, 4) is 16.9 Å². The Morgan fingerprint density at radius 1 is 0.593 bits per heavy atom. The van der Waals surface area contributed by atoms with Crippen molar-refractivity contribution in [1.29, 1.82) is 0 Å². The molecule has 7 heteroatoms. The molecule has 8 rings (SSSR count). The molecule has 0 fully saturated rings. The highest BCUT2D eigenvalue weighted by Gasteiger charge is 2.40. The minimum absolute atomic E-state index is 0.0717. The first kappa shape index (κ1) is 38.9. The standard InChI is InChI=1S/C52H45NO6/c1-36-26-28-37(29-27-36)49(38-30-32-42(56-2)33-31-38)59-50(54)48(53-51(55)57-34-47-45-24-14-12-22-43(45)44-23-13-15-25-46(44)47)35-58-52(39-16-6-3-7-17-39,40-18-8-4-9-19-40)41-20-10-5-11-21-41/h3-33,47-49H,34-35H2,1-2H3,(H,53,55)/t48-,49?/m0/s1. The number of rotatable bonds is 14. The molecule has 7 aromatic rings. The lowest BCUT2D eigenvalue weighted by atomic mass is 9.80. The van der Waals surface area contributed by atoms with Crippen molar-refractivity contribution >= 4 is 12.1 Å². The normalized spacial score (nSPS) is 13.1. The van der Waals surface area contributed by atoms with E-state index in [2.05, 4.69) is 29.6 Å². The molecule has 7 aromatic carbocycles. The van der Waals surface area contributed by atoms with Crippen LogP contribution in [-0.4, -0.2) is 38.4 Å². The molecule has 0 bridgehead atoms. The van der Waals surface area contributed by atoms with E-state index in [1.165, 1.54) is 0 Å². The van der Waals surface area contributed by atoms with Crippen LogP contribution in [0.2, 0.25) is 0 Å². The average molecular weight is 780 g/mol. The predicted molar refractivity (Wildman–Crippen MR) is 229 cm³/mol. The second-order valence-electron chi connectivity index (χ2n) is 14.6. The smallest absolute Gasteiger partial charge is 0.407 e. The molecule has 0 spiro atoms. The number of carbonyl (C=O) groups is 2. The number of esters is 1. The van der Waals surface area contributed by atoms with Crippen LogP contribution >= 0.6 is 0 Å². The van der Waals surface area contributed by atoms with E-state index in [0.29, 0.717) is 5.75 Å². The first-order valence-corrected chi connectivity index (χ1v) is 19.8. The van der Waals surface area contributed by atoms with Crippen molar-refractivity contribution in [3.05, 3.63) is 233 Å². The summed E-state index contributed by atoms with van der Waals surface area (Å²) in [7, 11) is 1.60. The van der Waals surface area contributed by atoms with Crippen molar-refractivity contribution < 1.29 is 28.5 Å². The Hall–Kier alpha value is -6.96. The van der Waals surface area contributed by atoms with Gasteiger partial charge in [0.25, 0.3) is 0 Å². The fourth-order valence-corrected chi connectivity index (χ4v) is 7.97. The summed E-state index contributed by atoms with van der Waals surface area (Å²) in [6.07, 6.45) is -1.57. The topological polar surface area (TPSA) is 83.1 Å². The Labute approximate surface area is 345 Å². The van der Waals surface area contributed by atoms with Crippen molar-refractivity contribution in [2.45, 2.75) is 30.6 Å². The summed E-state index contributed by atoms with van der Waals surface area (Å²) in [5.41, 5.74) is 8.34. The SMILES string of the molecule is COc1ccc(C(OC(=O)[C@H](COC(c2ccccc2)(c2ccccc2)c2ccccc2)NC(=O)OCC2c3ccccc3-c3ccccc32)c2ccc(C)cc2)cc1. The lowest BCUT2D eigenvalue weighted by Gasteiger charge is -2.37. The Balaban J connectivity index is 1.14. The number of benzene rings is 7. The van der Waals surface area contributed by atoms with Gasteiger partial charge in [-0.25, -0.2) is 9.59 Å². The maximum absolute atomic E-state index is 14.7. The summed E-state index contributed by atoms with van der Waals surface area (Å²) in [4.78, 5) is 28.7. The molecular weight excluding hydrogens is 735 g/mol. The summed E-state index contributed by atoms with van der Waals surface area (Å²) in [6.45, 7) is 1.82. The zero-order valence-corrected chi connectivity index (χ0v) is 33.0. The van der Waals surface area contributed by atoms with Crippen LogP contribution in [0.3, 0.4) is 0 Å². The molecule has 59 heavy (non-hydrogen) atoms. The Morgan fingerprint density at radius 2 is 1.05 bits per heavy atom. The summed E-state index contributed by atoms with van der Waals surface area (Å²) < 4.78 is 24.9. The minimum atomic E-state index is -1.28. The number of alkyl carbamates (subject to hydrolysis) is 1. The van der Waals surface area contributed by atoms with Crippen molar-refractivity contribution in [1.82, 2.24) is 5.32 Å². The van der Waals surface area contributed by atoms with E-state index in [1.807, 2.05) is 171 Å². The molecule has 0 heterocycles. The van der Waals surface area contributed by atoms with E-state index >= 15 is 0 Å². The van der Waals surface area contributed by atoms with Gasteiger partial charge in [-0.2, -0.15) is 0 Å². The summed E-state index contributed by atoms with van der Waals surface area (Å²) in [5.74, 6) is -0.189. The maximum Gasteiger partial charge on any atom is 0.407 e. The Kier molecular flexibility index (Phi) is 11.6. The van der Waals surface area contributed by atoms with Gasteiger partial charge >= 0.3 is 12.1 Å². The fourth-order valence-electron chi connectivity index (χ4n) is 7.97. The van der Waals surface area contributed by atoms with E-state index in [1.54, 1.807) is 7.11 Å². The third-order valence-corrected chi connectivity index (χ3v) is 11.0. The van der Waals surface area contributed by atoms with E-state index < -0.39 is 29.8 Å². The van der Waals surface area contributed by atoms with Crippen molar-refractivity contribution in [2.75, 3.05) is 20.3 Å². The number of ether oxygens (including phenoxy) is 4. The first-order valence-electron chi connectivity index (χ1n) is 19.8. The molecule has 0 radical (unpaired) electrons. The Bertz CT molecular complexity index is 2350. The van der Waals surface area contributed by atoms with E-state index in [-0.39, 0.29) is 19.1 Å². The number of hydrogen-bond donors (Lipinski definition) is 1. The monoisotopic (exact) mass is 779 g/mol. The second-order valence-corrected chi connectivity index (χ2v) is 14.6. The number of fused-ring (bicyclic) bond motifs is 3. The van der Waals surface area contributed by atoms with E-state index in [4.69, 9.17) is 18.9 Å². The van der Waals surface area contributed by atoms with Crippen LogP contribution in [0.5, 0.6) is 5.75 Å². The predicted octanol–water partition coefficient (Wildman–Crippen LogP) is 10.6. The second kappa shape index (κ2) is 17.7. The van der Waals surface area contributed by atoms with Crippen LogP contribution in [0.1, 0.15) is 56.5 Å². The molecule has 0 aliphatic heterocycles. The number of hydrogen-bond acceptors (Lipinski definition) is 6. The molecule has 1 aliphatic carbocycles. The quantitative estimate of drug-likeness (QED) is 0.0874. The lowest BCUT2D eigenvalue weighted by molar-refractivity contribution is -0.153. The van der Waals surface area contributed by atoms with Crippen molar-refractivity contribution in [3.63, 3.8) is 0 Å². The molecule has 1 unspecified atom stereocenters. The summed E-state index contributed by atoms with van der Waals surface area (Å²) >= 11 is 0. The van der Waals surface area contributed by atoms with Gasteiger partial charge in [-0.1, -0.05) is 181 Å². The van der Waals surface area contributed by atoms with Crippen LogP contribution in [0, 0.1) is 6.92 Å². The summed E-state index contributed by atoms with van der Waals surface area (Å²) in [6, 6.07) is 59.9. The van der Waals surface area contributed by atoms with E-state index in [9.17, 15) is 9.59 Å². The molecule has 2 atom stereocenters. The van der Waals surface area contributed by atoms with Gasteiger partial charge in [0.1, 0.15) is 18.0 Å². The molecule has 0 aromatic heterocycles. The van der Waals surface area contributed by atoms with Crippen LogP contribution in [-0.2, 0) is 24.6 Å². The Morgan fingerprint density at radius 3 is 1.54 bits per heavy atom. The number of carbonyl (C=O) groups excluding carboxylic acids is 2. The average Bonchev–Trinajstić information content (AvgIpc) is 3.62. The third-order valence-electron chi connectivity index (χ3n) is 11.0. The lowest BCUT2D eigenvalue weighted by Crippen LogP contribution is -2.48. The molecule has 0 saturated carbocycles. The van der Waals surface area contributed by atoms with Crippen molar-refractivity contribution in [2.24, 2.45) is 0 Å². The molecule has 1 aliphatic rings. The number of nitrogens with one attached hydrogen (secondary N) is 1. The molecule has 7 nitrogen and oxygen atoms in total. The molecule has 1 N–H and O–H groups in total. The van der Waals surface area contributed by atoms with Crippen LogP contribution in [0.25, 0.3) is 11.1 Å². The van der Waals surface area contributed by atoms with Crippen LogP contribution in [0.15, 0.2) is 188 Å². The highest BCUT2D eigenvalue weighted by atomic mass is 16.6. The number of methoxy groups -OCH3 is 1. The molecular formula is C52H45NO6. The minimum Gasteiger partial charge on any atom is -0.497 e. The highest BCUT2D eigenvalue weighted by Crippen LogP contribution is 2.45. The van der Waals surface area contributed by atoms with Gasteiger partial charge in [0.05, 0.1) is 13.7 Å². The largest absolute Gasteiger partial charge is 0.497 e. The van der Waals surface area contributed by atoms with Gasteiger partial charge in [0, 0.05) is 5.92 Å². The molecule has 0 saturated heterocycles. The van der Waals surface area contributed by atoms with Gasteiger partial charge in [-0.15, -0.1) is 0 Å². The summed E-state index contributed by atoms with van der Waals surface area (Å²) in [5, 5.41) is 2.87. The van der Waals surface area contributed by atoms with Crippen LogP contribution < -0.4 is 10.1 Å². The van der Waals surface area contributed by atoms with Crippen LogP contribution in [0.4, 0.5) is 4.79 Å². The van der Waals surface area contributed by atoms with Gasteiger partial charge in [-0.3, -0.25) is 0 Å². The maximum atomic E-state index is 14.7.